The molecule has 20 heavy (non-hydrogen) atoms. The minimum atomic E-state index is -0.449. The Morgan fingerprint density at radius 2 is 1.75 bits per heavy atom. The second-order valence-corrected chi connectivity index (χ2v) is 3.50. The summed E-state index contributed by atoms with van der Waals surface area (Å²) < 4.78 is 4.42. The second-order valence-electron chi connectivity index (χ2n) is 3.50. The first kappa shape index (κ1) is 20.2. The summed E-state index contributed by atoms with van der Waals surface area (Å²) in [6.07, 6.45) is 0.411. The van der Waals surface area contributed by atoms with Crippen molar-refractivity contribution in [3.8, 4) is 6.07 Å². The molecule has 1 aromatic rings. The van der Waals surface area contributed by atoms with E-state index < -0.39 is 5.97 Å². The average molecular weight is 277 g/mol. The average Bonchev–Trinajstić information content (AvgIpc) is 2.43. The van der Waals surface area contributed by atoms with Crippen LogP contribution in [0.5, 0.6) is 0 Å². The van der Waals surface area contributed by atoms with Gasteiger partial charge in [-0.2, -0.15) is 5.26 Å². The number of carbonyl (C=O) groups excluding carboxylic acids is 2. The Morgan fingerprint density at radius 1 is 1.20 bits per heavy atom. The van der Waals surface area contributed by atoms with Crippen LogP contribution in [0, 0.1) is 11.3 Å². The fourth-order valence-corrected chi connectivity index (χ4v) is 1.16. The van der Waals surface area contributed by atoms with E-state index in [4.69, 9.17) is 5.26 Å². The SMILES string of the molecule is CC.CC(=O)Cc1ccccc1.CCOC(=O)CC#N. The maximum absolute atomic E-state index is 10.6. The highest BCUT2D eigenvalue weighted by molar-refractivity contribution is 5.78. The van der Waals surface area contributed by atoms with E-state index in [0.29, 0.717) is 13.0 Å². The molecule has 0 bridgehead atoms. The number of nitrogens with zero attached hydrogens (tertiary/aromatic N) is 1. The van der Waals surface area contributed by atoms with Gasteiger partial charge in [-0.1, -0.05) is 44.2 Å². The Bertz CT molecular complexity index is 407. The van der Waals surface area contributed by atoms with E-state index in [9.17, 15) is 9.59 Å². The fraction of sp³-hybridized carbons (Fsp3) is 0.438. The third-order valence-electron chi connectivity index (χ3n) is 1.82. The van der Waals surface area contributed by atoms with Gasteiger partial charge in [0.1, 0.15) is 12.2 Å². The van der Waals surface area contributed by atoms with Gasteiger partial charge in [0.15, 0.2) is 0 Å². The molecule has 0 heterocycles. The molecule has 4 heteroatoms. The zero-order valence-corrected chi connectivity index (χ0v) is 12.7. The molecule has 0 aromatic heterocycles. The standard InChI is InChI=1S/C9H10O.C5H7NO2.C2H6/c1-8(10)7-9-5-3-2-4-6-9;1-2-8-5(7)3-4-6;1-2/h2-6H,7H2,1H3;2-3H2,1H3;1-2H3. The molecule has 0 atom stereocenters. The van der Waals surface area contributed by atoms with Crippen LogP contribution in [0.15, 0.2) is 30.3 Å². The highest BCUT2D eigenvalue weighted by atomic mass is 16.5. The summed E-state index contributed by atoms with van der Waals surface area (Å²) in [4.78, 5) is 20.8. The molecule has 0 aliphatic rings. The topological polar surface area (TPSA) is 67.2 Å². The number of Topliss-reactive ketones (excluding diaryl/α,β-unsaturated/α-hetero) is 1. The van der Waals surface area contributed by atoms with Gasteiger partial charge in [-0.15, -0.1) is 0 Å². The van der Waals surface area contributed by atoms with Crippen molar-refractivity contribution in [1.29, 1.82) is 5.26 Å². The van der Waals surface area contributed by atoms with Gasteiger partial charge in [0.25, 0.3) is 0 Å². The molecule has 0 N–H and O–H groups in total. The van der Waals surface area contributed by atoms with Gasteiger partial charge < -0.3 is 4.74 Å². The molecular weight excluding hydrogens is 254 g/mol. The van der Waals surface area contributed by atoms with E-state index in [-0.39, 0.29) is 12.2 Å². The molecular formula is C16H23NO3. The monoisotopic (exact) mass is 277 g/mol. The molecule has 0 aliphatic heterocycles. The van der Waals surface area contributed by atoms with Crippen LogP contribution in [0.2, 0.25) is 0 Å². The summed E-state index contributed by atoms with van der Waals surface area (Å²) >= 11 is 0. The first-order valence-electron chi connectivity index (χ1n) is 6.66. The van der Waals surface area contributed by atoms with Gasteiger partial charge in [-0.3, -0.25) is 9.59 Å². The second kappa shape index (κ2) is 14.9. The van der Waals surface area contributed by atoms with Crippen LogP contribution in [0.4, 0.5) is 0 Å². The summed E-state index contributed by atoms with van der Waals surface area (Å²) in [5, 5.41) is 7.91. The largest absolute Gasteiger partial charge is 0.465 e. The maximum Gasteiger partial charge on any atom is 0.320 e. The Kier molecular flexibility index (Phi) is 15.0. The van der Waals surface area contributed by atoms with Crippen LogP contribution in [0.25, 0.3) is 0 Å². The summed E-state index contributed by atoms with van der Waals surface area (Å²) in [6.45, 7) is 7.66. The molecule has 0 radical (unpaired) electrons. The first-order chi connectivity index (χ1) is 9.60. The quantitative estimate of drug-likeness (QED) is 0.792. The summed E-state index contributed by atoms with van der Waals surface area (Å²) in [5.41, 5.74) is 1.09. The van der Waals surface area contributed by atoms with Crippen molar-refractivity contribution >= 4 is 11.8 Å². The number of esters is 1. The van der Waals surface area contributed by atoms with E-state index in [1.165, 1.54) is 0 Å². The number of ketones is 1. The Hall–Kier alpha value is -2.15. The van der Waals surface area contributed by atoms with Crippen molar-refractivity contribution in [1.82, 2.24) is 0 Å². The molecule has 0 fully saturated rings. The van der Waals surface area contributed by atoms with Gasteiger partial charge in [0, 0.05) is 6.42 Å². The summed E-state index contributed by atoms with van der Waals surface area (Å²) in [6, 6.07) is 11.4. The molecule has 1 aromatic carbocycles. The van der Waals surface area contributed by atoms with Crippen molar-refractivity contribution in [2.24, 2.45) is 0 Å². The first-order valence-corrected chi connectivity index (χ1v) is 6.66. The summed E-state index contributed by atoms with van der Waals surface area (Å²) in [5.74, 6) is -0.235. The minimum absolute atomic E-state index is 0.145. The highest BCUT2D eigenvalue weighted by Gasteiger charge is 1.96. The Balaban J connectivity index is 0. The summed E-state index contributed by atoms with van der Waals surface area (Å²) in [7, 11) is 0. The predicted molar refractivity (Wildman–Crippen MR) is 79.0 cm³/mol. The molecule has 0 amide bonds. The Morgan fingerprint density at radius 3 is 2.15 bits per heavy atom. The number of hydrogen-bond donors (Lipinski definition) is 0. The number of benzene rings is 1. The van der Waals surface area contributed by atoms with Gasteiger partial charge in [0.2, 0.25) is 0 Å². The third-order valence-corrected chi connectivity index (χ3v) is 1.82. The van der Waals surface area contributed by atoms with Crippen LogP contribution < -0.4 is 0 Å². The van der Waals surface area contributed by atoms with Crippen molar-refractivity contribution in [2.45, 2.75) is 40.5 Å². The van der Waals surface area contributed by atoms with Gasteiger partial charge in [-0.05, 0) is 19.4 Å². The number of nitriles is 1. The highest BCUT2D eigenvalue weighted by Crippen LogP contribution is 1.98. The molecule has 0 saturated carbocycles. The minimum Gasteiger partial charge on any atom is -0.465 e. The molecule has 0 unspecified atom stereocenters. The molecule has 0 saturated heterocycles. The van der Waals surface area contributed by atoms with E-state index in [1.54, 1.807) is 19.9 Å². The zero-order valence-electron chi connectivity index (χ0n) is 12.7. The number of ether oxygens (including phenoxy) is 1. The lowest BCUT2D eigenvalue weighted by Gasteiger charge is -1.93. The normalized spacial score (nSPS) is 7.95. The van der Waals surface area contributed by atoms with Crippen LogP contribution in [0.1, 0.15) is 39.7 Å². The number of rotatable bonds is 4. The van der Waals surface area contributed by atoms with Crippen molar-refractivity contribution in [3.05, 3.63) is 35.9 Å². The van der Waals surface area contributed by atoms with E-state index in [1.807, 2.05) is 44.2 Å². The predicted octanol–water partition coefficient (Wildman–Crippen LogP) is 3.31. The van der Waals surface area contributed by atoms with Crippen molar-refractivity contribution < 1.29 is 14.3 Å². The van der Waals surface area contributed by atoms with Crippen LogP contribution in [-0.4, -0.2) is 18.4 Å². The third kappa shape index (κ3) is 13.9. The molecule has 0 spiro atoms. The fourth-order valence-electron chi connectivity index (χ4n) is 1.16. The Labute approximate surface area is 121 Å². The maximum atomic E-state index is 10.6. The van der Waals surface area contributed by atoms with Crippen molar-refractivity contribution in [3.63, 3.8) is 0 Å². The van der Waals surface area contributed by atoms with Crippen LogP contribution >= 0.6 is 0 Å². The van der Waals surface area contributed by atoms with E-state index in [0.717, 1.165) is 5.56 Å². The van der Waals surface area contributed by atoms with E-state index >= 15 is 0 Å². The zero-order chi connectivity index (χ0) is 15.8. The number of hydrogen-bond acceptors (Lipinski definition) is 4. The molecule has 0 aliphatic carbocycles. The number of carbonyl (C=O) groups is 2. The van der Waals surface area contributed by atoms with Gasteiger partial charge >= 0.3 is 5.97 Å². The molecule has 4 nitrogen and oxygen atoms in total. The van der Waals surface area contributed by atoms with Crippen molar-refractivity contribution in [2.75, 3.05) is 6.61 Å². The molecule has 1 rings (SSSR count). The van der Waals surface area contributed by atoms with Crippen LogP contribution in [0.3, 0.4) is 0 Å². The lowest BCUT2D eigenvalue weighted by Crippen LogP contribution is -2.01. The lowest BCUT2D eigenvalue weighted by atomic mass is 10.1. The van der Waals surface area contributed by atoms with Gasteiger partial charge in [-0.25, -0.2) is 0 Å². The van der Waals surface area contributed by atoms with Gasteiger partial charge in [0.05, 0.1) is 12.7 Å². The molecule has 110 valence electrons. The van der Waals surface area contributed by atoms with Crippen LogP contribution in [-0.2, 0) is 20.7 Å². The van der Waals surface area contributed by atoms with E-state index in [2.05, 4.69) is 4.74 Å². The lowest BCUT2D eigenvalue weighted by molar-refractivity contribution is -0.141. The smallest absolute Gasteiger partial charge is 0.320 e.